The van der Waals surface area contributed by atoms with E-state index in [9.17, 15) is 5.11 Å². The molecule has 152 valence electrons. The molecule has 0 aliphatic rings. The maximum atomic E-state index is 11.1. The average Bonchev–Trinajstić information content (AvgIpc) is 3.27. The molecule has 2 N–H and O–H groups in total. The Labute approximate surface area is 189 Å². The topological polar surface area (TPSA) is 45.2 Å². The standard InChI is InChI=1S/C24H18Cl3NO2/c25-17-7-3-15(4-8-17)16-5-10-19(11-6-16)30-24(22-2-1-13-28-22)23(29)20-12-9-18(26)14-21(20)27/h1-14,23-24,28-29H. The van der Waals surface area contributed by atoms with E-state index < -0.39 is 12.2 Å². The van der Waals surface area contributed by atoms with E-state index in [0.717, 1.165) is 16.8 Å². The maximum absolute atomic E-state index is 11.1. The summed E-state index contributed by atoms with van der Waals surface area (Å²) < 4.78 is 6.18. The number of halogens is 3. The summed E-state index contributed by atoms with van der Waals surface area (Å²) in [5.41, 5.74) is 3.37. The molecule has 0 saturated heterocycles. The highest BCUT2D eigenvalue weighted by atomic mass is 35.5. The normalized spacial score (nSPS) is 13.1. The third-order valence-electron chi connectivity index (χ3n) is 4.79. The Morgan fingerprint density at radius 1 is 0.767 bits per heavy atom. The molecule has 3 nitrogen and oxygen atoms in total. The number of aromatic amines is 1. The van der Waals surface area contributed by atoms with Crippen LogP contribution in [-0.4, -0.2) is 10.1 Å². The van der Waals surface area contributed by atoms with Crippen molar-refractivity contribution < 1.29 is 9.84 Å². The van der Waals surface area contributed by atoms with Crippen molar-refractivity contribution >= 4 is 34.8 Å². The van der Waals surface area contributed by atoms with Gasteiger partial charge in [-0.25, -0.2) is 0 Å². The first-order chi connectivity index (χ1) is 14.5. The van der Waals surface area contributed by atoms with Crippen molar-refractivity contribution in [3.05, 3.63) is 111 Å². The zero-order valence-electron chi connectivity index (χ0n) is 15.7. The Bertz CT molecular complexity index is 1110. The Balaban J connectivity index is 1.60. The van der Waals surface area contributed by atoms with Crippen molar-refractivity contribution in [3.63, 3.8) is 0 Å². The molecule has 0 radical (unpaired) electrons. The van der Waals surface area contributed by atoms with Gasteiger partial charge in [-0.2, -0.15) is 0 Å². The number of nitrogens with one attached hydrogen (secondary N) is 1. The summed E-state index contributed by atoms with van der Waals surface area (Å²) in [7, 11) is 0. The molecule has 3 aromatic carbocycles. The minimum absolute atomic E-state index is 0.383. The third kappa shape index (κ3) is 4.66. The van der Waals surface area contributed by atoms with Crippen LogP contribution < -0.4 is 4.74 Å². The van der Waals surface area contributed by atoms with Crippen molar-refractivity contribution in [2.75, 3.05) is 0 Å². The minimum atomic E-state index is -0.996. The molecule has 4 aromatic rings. The van der Waals surface area contributed by atoms with Crippen LogP contribution in [0.3, 0.4) is 0 Å². The van der Waals surface area contributed by atoms with E-state index in [0.29, 0.717) is 26.4 Å². The molecule has 0 aliphatic carbocycles. The minimum Gasteiger partial charge on any atom is -0.481 e. The Morgan fingerprint density at radius 2 is 1.40 bits per heavy atom. The number of benzene rings is 3. The number of rotatable bonds is 6. The lowest BCUT2D eigenvalue weighted by Crippen LogP contribution is -2.18. The second-order valence-corrected chi connectivity index (χ2v) is 8.09. The largest absolute Gasteiger partial charge is 0.481 e. The van der Waals surface area contributed by atoms with E-state index in [2.05, 4.69) is 4.98 Å². The van der Waals surface area contributed by atoms with Gasteiger partial charge in [0.15, 0.2) is 6.10 Å². The van der Waals surface area contributed by atoms with Crippen LogP contribution in [0.5, 0.6) is 5.75 Å². The predicted molar refractivity (Wildman–Crippen MR) is 122 cm³/mol. The van der Waals surface area contributed by atoms with E-state index >= 15 is 0 Å². The van der Waals surface area contributed by atoms with Gasteiger partial charge in [0.05, 0.1) is 5.69 Å². The first-order valence-electron chi connectivity index (χ1n) is 9.30. The molecule has 0 fully saturated rings. The summed E-state index contributed by atoms with van der Waals surface area (Å²) >= 11 is 18.3. The fourth-order valence-electron chi connectivity index (χ4n) is 3.24. The summed E-state index contributed by atoms with van der Waals surface area (Å²) in [6, 6.07) is 24.0. The van der Waals surface area contributed by atoms with Crippen molar-refractivity contribution in [2.45, 2.75) is 12.2 Å². The summed E-state index contributed by atoms with van der Waals surface area (Å²) in [4.78, 5) is 3.11. The average molecular weight is 459 g/mol. The molecule has 6 heteroatoms. The van der Waals surface area contributed by atoms with Crippen LogP contribution in [0.15, 0.2) is 85.1 Å². The number of H-pyrrole nitrogens is 1. The summed E-state index contributed by atoms with van der Waals surface area (Å²) in [5, 5.41) is 12.6. The molecule has 30 heavy (non-hydrogen) atoms. The summed E-state index contributed by atoms with van der Waals surface area (Å²) in [6.45, 7) is 0. The van der Waals surface area contributed by atoms with Gasteiger partial charge in [0, 0.05) is 26.8 Å². The highest BCUT2D eigenvalue weighted by molar-refractivity contribution is 6.35. The van der Waals surface area contributed by atoms with Crippen molar-refractivity contribution in [3.8, 4) is 16.9 Å². The number of aliphatic hydroxyl groups is 1. The predicted octanol–water partition coefficient (Wildman–Crippen LogP) is 7.50. The van der Waals surface area contributed by atoms with Crippen molar-refractivity contribution in [2.24, 2.45) is 0 Å². The quantitative estimate of drug-likeness (QED) is 0.314. The number of hydrogen-bond donors (Lipinski definition) is 2. The molecule has 0 aliphatic heterocycles. The molecule has 0 spiro atoms. The van der Waals surface area contributed by atoms with E-state index in [1.54, 1.807) is 24.4 Å². The lowest BCUT2D eigenvalue weighted by atomic mass is 10.0. The molecular weight excluding hydrogens is 441 g/mol. The van der Waals surface area contributed by atoms with Crippen molar-refractivity contribution in [1.82, 2.24) is 4.98 Å². The van der Waals surface area contributed by atoms with Crippen molar-refractivity contribution in [1.29, 1.82) is 0 Å². The molecule has 0 amide bonds. The monoisotopic (exact) mass is 457 g/mol. The zero-order valence-corrected chi connectivity index (χ0v) is 18.0. The molecule has 1 heterocycles. The first-order valence-corrected chi connectivity index (χ1v) is 10.4. The van der Waals surface area contributed by atoms with E-state index in [1.807, 2.05) is 60.7 Å². The highest BCUT2D eigenvalue weighted by Crippen LogP contribution is 2.37. The van der Waals surface area contributed by atoms with Gasteiger partial charge < -0.3 is 14.8 Å². The van der Waals surface area contributed by atoms with Crippen LogP contribution in [0.1, 0.15) is 23.5 Å². The van der Waals surface area contributed by atoms with E-state index in [4.69, 9.17) is 39.5 Å². The molecule has 0 bridgehead atoms. The summed E-state index contributed by atoms with van der Waals surface area (Å²) in [5.74, 6) is 0.622. The van der Waals surface area contributed by atoms with Crippen LogP contribution in [0.4, 0.5) is 0 Å². The third-order valence-corrected chi connectivity index (χ3v) is 5.61. The van der Waals surface area contributed by atoms with Gasteiger partial charge >= 0.3 is 0 Å². The van der Waals surface area contributed by atoms with Crippen LogP contribution in [-0.2, 0) is 0 Å². The van der Waals surface area contributed by atoms with Crippen LogP contribution in [0.2, 0.25) is 15.1 Å². The van der Waals surface area contributed by atoms with Gasteiger partial charge in [-0.3, -0.25) is 0 Å². The molecule has 4 rings (SSSR count). The second kappa shape index (κ2) is 9.15. The molecule has 2 unspecified atom stereocenters. The lowest BCUT2D eigenvalue weighted by Gasteiger charge is -2.25. The van der Waals surface area contributed by atoms with Crippen LogP contribution in [0.25, 0.3) is 11.1 Å². The van der Waals surface area contributed by atoms with Gasteiger partial charge in [0.25, 0.3) is 0 Å². The first kappa shape index (κ1) is 20.8. The Kier molecular flexibility index (Phi) is 6.35. The summed E-state index contributed by atoms with van der Waals surface area (Å²) in [6.07, 6.45) is 0.107. The Hall–Kier alpha value is -2.43. The van der Waals surface area contributed by atoms with Gasteiger partial charge in [-0.15, -0.1) is 0 Å². The Morgan fingerprint density at radius 3 is 2.00 bits per heavy atom. The zero-order chi connectivity index (χ0) is 21.1. The molecule has 0 saturated carbocycles. The van der Waals surface area contributed by atoms with Gasteiger partial charge in [0.1, 0.15) is 11.9 Å². The van der Waals surface area contributed by atoms with Gasteiger partial charge in [-0.05, 0) is 59.7 Å². The fraction of sp³-hybridized carbons (Fsp3) is 0.0833. The second-order valence-electron chi connectivity index (χ2n) is 6.81. The van der Waals surface area contributed by atoms with Gasteiger partial charge in [-0.1, -0.05) is 65.1 Å². The molecular formula is C24H18Cl3NO2. The SMILES string of the molecule is OC(c1ccc(Cl)cc1Cl)C(Oc1ccc(-c2ccc(Cl)cc2)cc1)c1ccc[nH]1. The number of aliphatic hydroxyl groups excluding tert-OH is 1. The number of ether oxygens (including phenoxy) is 1. The van der Waals surface area contributed by atoms with Gasteiger partial charge in [0.2, 0.25) is 0 Å². The number of aromatic nitrogens is 1. The maximum Gasteiger partial charge on any atom is 0.168 e. The number of hydrogen-bond acceptors (Lipinski definition) is 2. The van der Waals surface area contributed by atoms with Crippen LogP contribution >= 0.6 is 34.8 Å². The van der Waals surface area contributed by atoms with E-state index in [-0.39, 0.29) is 0 Å². The smallest absolute Gasteiger partial charge is 0.168 e. The lowest BCUT2D eigenvalue weighted by molar-refractivity contribution is 0.0322. The van der Waals surface area contributed by atoms with Crippen LogP contribution in [0, 0.1) is 0 Å². The van der Waals surface area contributed by atoms with E-state index in [1.165, 1.54) is 0 Å². The highest BCUT2D eigenvalue weighted by Gasteiger charge is 2.27. The molecule has 1 aromatic heterocycles. The molecule has 2 atom stereocenters. The fourth-order valence-corrected chi connectivity index (χ4v) is 3.88.